The highest BCUT2D eigenvalue weighted by molar-refractivity contribution is 8.00. The fourth-order valence-electron chi connectivity index (χ4n) is 3.69. The summed E-state index contributed by atoms with van der Waals surface area (Å²) in [5.74, 6) is 1.84. The number of hydrogen-bond donors (Lipinski definition) is 1. The molecule has 2 saturated carbocycles. The Labute approximate surface area is 118 Å². The largest absolute Gasteiger partial charge is 0.316 e. The van der Waals surface area contributed by atoms with Gasteiger partial charge < -0.3 is 5.32 Å². The zero-order valence-corrected chi connectivity index (χ0v) is 13.3. The minimum atomic E-state index is 0.770. The van der Waals surface area contributed by atoms with E-state index in [1.54, 1.807) is 0 Å². The molecule has 106 valence electrons. The van der Waals surface area contributed by atoms with Crippen LogP contribution in [0.2, 0.25) is 0 Å². The van der Waals surface area contributed by atoms with Crippen LogP contribution in [0.15, 0.2) is 0 Å². The molecule has 0 bridgehead atoms. The average Bonchev–Trinajstić information content (AvgIpc) is 2.39. The molecule has 2 heteroatoms. The molecule has 0 aromatic carbocycles. The monoisotopic (exact) mass is 269 g/mol. The van der Waals surface area contributed by atoms with E-state index in [9.17, 15) is 0 Å². The summed E-state index contributed by atoms with van der Waals surface area (Å²) in [6.07, 6.45) is 11.7. The highest BCUT2D eigenvalue weighted by Gasteiger charge is 2.33. The Morgan fingerprint density at radius 1 is 1.00 bits per heavy atom. The summed E-state index contributed by atoms with van der Waals surface area (Å²) in [5, 5.41) is 5.42. The zero-order valence-electron chi connectivity index (χ0n) is 12.5. The summed E-state index contributed by atoms with van der Waals surface area (Å²) in [6.45, 7) is 4.82. The Morgan fingerprint density at radius 2 is 1.72 bits per heavy atom. The lowest BCUT2D eigenvalue weighted by Crippen LogP contribution is -2.42. The van der Waals surface area contributed by atoms with Gasteiger partial charge in [0.1, 0.15) is 0 Å². The second-order valence-corrected chi connectivity index (χ2v) is 8.19. The molecule has 1 N–H and O–H groups in total. The van der Waals surface area contributed by atoms with E-state index in [0.29, 0.717) is 0 Å². The van der Waals surface area contributed by atoms with Gasteiger partial charge in [0.15, 0.2) is 0 Å². The molecule has 0 aromatic rings. The summed E-state index contributed by atoms with van der Waals surface area (Å²) in [4.78, 5) is 0. The molecule has 18 heavy (non-hydrogen) atoms. The van der Waals surface area contributed by atoms with Crippen molar-refractivity contribution < 1.29 is 0 Å². The summed E-state index contributed by atoms with van der Waals surface area (Å²) in [5.41, 5.74) is 0. The van der Waals surface area contributed by atoms with Gasteiger partial charge in [-0.3, -0.25) is 0 Å². The van der Waals surface area contributed by atoms with Crippen LogP contribution < -0.4 is 5.32 Å². The Kier molecular flexibility index (Phi) is 5.88. The van der Waals surface area contributed by atoms with Crippen molar-refractivity contribution in [2.75, 3.05) is 7.05 Å². The van der Waals surface area contributed by atoms with Crippen molar-refractivity contribution in [3.63, 3.8) is 0 Å². The number of nitrogens with one attached hydrogen (secondary N) is 1. The second kappa shape index (κ2) is 7.19. The van der Waals surface area contributed by atoms with Gasteiger partial charge >= 0.3 is 0 Å². The first-order valence-electron chi connectivity index (χ1n) is 8.03. The van der Waals surface area contributed by atoms with E-state index in [1.165, 1.54) is 51.4 Å². The van der Waals surface area contributed by atoms with Crippen molar-refractivity contribution in [1.82, 2.24) is 5.32 Å². The molecule has 0 saturated heterocycles. The van der Waals surface area contributed by atoms with Crippen LogP contribution in [-0.2, 0) is 0 Å². The maximum absolute atomic E-state index is 3.58. The lowest BCUT2D eigenvalue weighted by molar-refractivity contribution is 0.251. The standard InChI is InChI=1S/C16H31NS/c1-12(2)13-9-10-15(17-3)16(11-13)18-14-7-5-4-6-8-14/h12-17H,4-11H2,1-3H3. The van der Waals surface area contributed by atoms with Gasteiger partial charge in [0.05, 0.1) is 0 Å². The third kappa shape index (κ3) is 3.90. The van der Waals surface area contributed by atoms with Crippen LogP contribution in [-0.4, -0.2) is 23.6 Å². The first-order chi connectivity index (χ1) is 8.70. The third-order valence-electron chi connectivity index (χ3n) is 5.07. The minimum Gasteiger partial charge on any atom is -0.316 e. The molecule has 1 nitrogen and oxygen atoms in total. The average molecular weight is 269 g/mol. The van der Waals surface area contributed by atoms with Crippen LogP contribution in [0.25, 0.3) is 0 Å². The van der Waals surface area contributed by atoms with Gasteiger partial charge in [-0.05, 0) is 51.0 Å². The van der Waals surface area contributed by atoms with Crippen LogP contribution in [0.5, 0.6) is 0 Å². The molecule has 3 unspecified atom stereocenters. The van der Waals surface area contributed by atoms with E-state index in [-0.39, 0.29) is 0 Å². The first-order valence-corrected chi connectivity index (χ1v) is 8.97. The molecule has 2 fully saturated rings. The van der Waals surface area contributed by atoms with Gasteiger partial charge in [-0.2, -0.15) is 11.8 Å². The molecular formula is C16H31NS. The van der Waals surface area contributed by atoms with Crippen LogP contribution >= 0.6 is 11.8 Å². The maximum Gasteiger partial charge on any atom is 0.0206 e. The van der Waals surface area contributed by atoms with E-state index in [0.717, 1.165) is 28.4 Å². The fourth-order valence-corrected chi connectivity index (χ4v) is 5.61. The smallest absolute Gasteiger partial charge is 0.0206 e. The molecule has 2 aliphatic rings. The van der Waals surface area contributed by atoms with Gasteiger partial charge in [0.25, 0.3) is 0 Å². The normalized spacial score (nSPS) is 35.0. The molecule has 0 heterocycles. The molecule has 0 aromatic heterocycles. The molecule has 0 aliphatic heterocycles. The molecule has 3 atom stereocenters. The van der Waals surface area contributed by atoms with Gasteiger partial charge in [0, 0.05) is 16.5 Å². The summed E-state index contributed by atoms with van der Waals surface area (Å²) >= 11 is 2.33. The van der Waals surface area contributed by atoms with Crippen molar-refractivity contribution >= 4 is 11.8 Å². The van der Waals surface area contributed by atoms with Crippen LogP contribution in [0.3, 0.4) is 0 Å². The third-order valence-corrected chi connectivity index (χ3v) is 6.79. The second-order valence-electron chi connectivity index (χ2n) is 6.65. The van der Waals surface area contributed by atoms with Crippen LogP contribution in [0.4, 0.5) is 0 Å². The van der Waals surface area contributed by atoms with E-state index in [1.807, 2.05) is 0 Å². The Hall–Kier alpha value is 0.310. The number of thioether (sulfide) groups is 1. The number of hydrogen-bond acceptors (Lipinski definition) is 2. The summed E-state index contributed by atoms with van der Waals surface area (Å²) in [7, 11) is 2.16. The summed E-state index contributed by atoms with van der Waals surface area (Å²) in [6, 6.07) is 0.770. The highest BCUT2D eigenvalue weighted by Crippen LogP contribution is 2.40. The van der Waals surface area contributed by atoms with Gasteiger partial charge in [0.2, 0.25) is 0 Å². The van der Waals surface area contributed by atoms with Crippen molar-refractivity contribution in [2.45, 2.75) is 81.8 Å². The van der Waals surface area contributed by atoms with Crippen molar-refractivity contribution in [1.29, 1.82) is 0 Å². The first kappa shape index (κ1) is 14.7. The van der Waals surface area contributed by atoms with E-state index in [2.05, 4.69) is 38.0 Å². The van der Waals surface area contributed by atoms with Gasteiger partial charge in [-0.15, -0.1) is 0 Å². The molecule has 0 spiro atoms. The minimum absolute atomic E-state index is 0.770. The zero-order chi connectivity index (χ0) is 13.0. The molecule has 0 radical (unpaired) electrons. The maximum atomic E-state index is 3.58. The number of rotatable bonds is 4. The Balaban J connectivity index is 1.88. The predicted octanol–water partition coefficient (Wildman–Crippen LogP) is 4.47. The van der Waals surface area contributed by atoms with Crippen molar-refractivity contribution in [3.8, 4) is 0 Å². The van der Waals surface area contributed by atoms with E-state index >= 15 is 0 Å². The lowest BCUT2D eigenvalue weighted by Gasteiger charge is -2.39. The van der Waals surface area contributed by atoms with Crippen molar-refractivity contribution in [3.05, 3.63) is 0 Å². The molecular weight excluding hydrogens is 238 g/mol. The fraction of sp³-hybridized carbons (Fsp3) is 1.00. The van der Waals surface area contributed by atoms with E-state index in [4.69, 9.17) is 0 Å². The topological polar surface area (TPSA) is 12.0 Å². The lowest BCUT2D eigenvalue weighted by atomic mass is 9.79. The van der Waals surface area contributed by atoms with Gasteiger partial charge in [-0.1, -0.05) is 33.1 Å². The van der Waals surface area contributed by atoms with E-state index < -0.39 is 0 Å². The van der Waals surface area contributed by atoms with Crippen LogP contribution in [0, 0.1) is 11.8 Å². The summed E-state index contributed by atoms with van der Waals surface area (Å²) < 4.78 is 0. The molecule has 0 amide bonds. The highest BCUT2D eigenvalue weighted by atomic mass is 32.2. The predicted molar refractivity (Wildman–Crippen MR) is 83.3 cm³/mol. The molecule has 2 rings (SSSR count). The molecule has 2 aliphatic carbocycles. The van der Waals surface area contributed by atoms with Crippen LogP contribution in [0.1, 0.15) is 65.2 Å². The Morgan fingerprint density at radius 3 is 2.33 bits per heavy atom. The van der Waals surface area contributed by atoms with Gasteiger partial charge in [-0.25, -0.2) is 0 Å². The SMILES string of the molecule is CNC1CCC(C(C)C)CC1SC1CCCCC1. The quantitative estimate of drug-likeness (QED) is 0.808. The Bertz CT molecular complexity index is 235. The van der Waals surface area contributed by atoms with Crippen molar-refractivity contribution in [2.24, 2.45) is 11.8 Å².